The molecular formula is C20H31FN2O. The highest BCUT2D eigenvalue weighted by Crippen LogP contribution is 2.21. The fourth-order valence-corrected chi connectivity index (χ4v) is 3.30. The number of hydrogen-bond acceptors (Lipinski definition) is 3. The Hall–Kier alpha value is -1.23. The van der Waals surface area contributed by atoms with E-state index in [1.165, 1.54) is 0 Å². The van der Waals surface area contributed by atoms with Gasteiger partial charge in [-0.15, -0.1) is 0 Å². The second-order valence-corrected chi connectivity index (χ2v) is 6.98. The van der Waals surface area contributed by atoms with Gasteiger partial charge < -0.3 is 10.5 Å². The van der Waals surface area contributed by atoms with Crippen LogP contribution in [0.4, 0.5) is 4.39 Å². The number of ether oxygens (including phenoxy) is 1. The van der Waals surface area contributed by atoms with Crippen LogP contribution in [0.3, 0.4) is 0 Å². The Morgan fingerprint density at radius 3 is 2.96 bits per heavy atom. The summed E-state index contributed by atoms with van der Waals surface area (Å²) in [7, 11) is 1.79. The number of nitrogens with two attached hydrogens (primary N) is 1. The van der Waals surface area contributed by atoms with Crippen molar-refractivity contribution in [3.05, 3.63) is 48.1 Å². The second kappa shape index (κ2) is 9.30. The molecule has 4 heteroatoms. The van der Waals surface area contributed by atoms with Crippen LogP contribution in [-0.4, -0.2) is 50.0 Å². The van der Waals surface area contributed by atoms with Crippen LogP contribution >= 0.6 is 0 Å². The van der Waals surface area contributed by atoms with Gasteiger partial charge in [0.25, 0.3) is 0 Å². The molecule has 0 fully saturated rings. The van der Waals surface area contributed by atoms with E-state index in [4.69, 9.17) is 10.5 Å². The molecule has 0 radical (unpaired) electrons. The van der Waals surface area contributed by atoms with Crippen LogP contribution in [0.5, 0.6) is 0 Å². The molecule has 0 bridgehead atoms. The van der Waals surface area contributed by atoms with E-state index in [-0.39, 0.29) is 0 Å². The molecule has 0 spiro atoms. The number of allylic oxidation sites excluding steroid dienone is 1. The Morgan fingerprint density at radius 2 is 2.25 bits per heavy atom. The summed E-state index contributed by atoms with van der Waals surface area (Å²) in [6.07, 6.45) is 12.0. The zero-order valence-corrected chi connectivity index (χ0v) is 15.0. The maximum atomic E-state index is 13.8. The Labute approximate surface area is 145 Å². The lowest BCUT2D eigenvalue weighted by Gasteiger charge is -2.28. The predicted octanol–water partition coefficient (Wildman–Crippen LogP) is 3.40. The van der Waals surface area contributed by atoms with Gasteiger partial charge in [-0.05, 0) is 48.9 Å². The van der Waals surface area contributed by atoms with Crippen molar-refractivity contribution in [2.45, 2.75) is 44.5 Å². The largest absolute Gasteiger partial charge is 0.381 e. The number of methoxy groups -OCH3 is 1. The van der Waals surface area contributed by atoms with E-state index in [2.05, 4.69) is 30.6 Å². The van der Waals surface area contributed by atoms with Gasteiger partial charge in [0.2, 0.25) is 0 Å². The number of nitrogens with zero attached hydrogens (tertiary/aromatic N) is 1. The summed E-state index contributed by atoms with van der Waals surface area (Å²) in [6, 6.07) is -0.536. The minimum Gasteiger partial charge on any atom is -0.381 e. The van der Waals surface area contributed by atoms with Crippen LogP contribution in [0, 0.1) is 5.92 Å². The Morgan fingerprint density at radius 1 is 1.46 bits per heavy atom. The molecule has 1 aliphatic carbocycles. The van der Waals surface area contributed by atoms with Crippen molar-refractivity contribution in [2.75, 3.05) is 26.7 Å². The average molecular weight is 334 g/mol. The Bertz CT molecular complexity index is 512. The zero-order chi connectivity index (χ0) is 17.5. The first-order chi connectivity index (χ1) is 11.5. The molecule has 24 heavy (non-hydrogen) atoms. The van der Waals surface area contributed by atoms with E-state index in [0.29, 0.717) is 12.0 Å². The van der Waals surface area contributed by atoms with Crippen LogP contribution < -0.4 is 5.73 Å². The van der Waals surface area contributed by atoms with Crippen molar-refractivity contribution in [3.63, 3.8) is 0 Å². The van der Waals surface area contributed by atoms with Gasteiger partial charge in [0, 0.05) is 20.2 Å². The van der Waals surface area contributed by atoms with Crippen molar-refractivity contribution < 1.29 is 9.13 Å². The minimum atomic E-state index is -1.12. The maximum Gasteiger partial charge on any atom is 0.138 e. The second-order valence-electron chi connectivity index (χ2n) is 6.98. The minimum absolute atomic E-state index is 0.300. The van der Waals surface area contributed by atoms with Crippen LogP contribution in [0.25, 0.3) is 0 Å². The molecule has 0 saturated carbocycles. The van der Waals surface area contributed by atoms with Gasteiger partial charge >= 0.3 is 0 Å². The highest BCUT2D eigenvalue weighted by molar-refractivity contribution is 5.43. The van der Waals surface area contributed by atoms with E-state index in [1.54, 1.807) is 19.3 Å². The lowest BCUT2D eigenvalue weighted by molar-refractivity contribution is 0.0911. The summed E-state index contributed by atoms with van der Waals surface area (Å²) < 4.78 is 19.3. The SMILES string of the molecule is C=C(CN1CCC[C@@H](OC)CC=CC(C)C1)C1=CC(F)C(N)C=C1. The van der Waals surface area contributed by atoms with Crippen LogP contribution in [0.15, 0.2) is 48.1 Å². The van der Waals surface area contributed by atoms with Gasteiger partial charge in [0.15, 0.2) is 0 Å². The quantitative estimate of drug-likeness (QED) is 0.801. The molecule has 2 aliphatic rings. The van der Waals surface area contributed by atoms with E-state index in [9.17, 15) is 4.39 Å². The Kier molecular flexibility index (Phi) is 7.40. The van der Waals surface area contributed by atoms with Crippen LogP contribution in [-0.2, 0) is 4.74 Å². The van der Waals surface area contributed by atoms with E-state index in [1.807, 2.05) is 6.08 Å². The molecule has 0 saturated heterocycles. The summed E-state index contributed by atoms with van der Waals surface area (Å²) in [4.78, 5) is 2.41. The molecule has 2 rings (SSSR count). The van der Waals surface area contributed by atoms with Gasteiger partial charge in [-0.25, -0.2) is 4.39 Å². The predicted molar refractivity (Wildman–Crippen MR) is 98.6 cm³/mol. The number of hydrogen-bond donors (Lipinski definition) is 1. The highest BCUT2D eigenvalue weighted by atomic mass is 19.1. The molecule has 2 N–H and O–H groups in total. The smallest absolute Gasteiger partial charge is 0.138 e. The van der Waals surface area contributed by atoms with Crippen molar-refractivity contribution in [1.29, 1.82) is 0 Å². The summed E-state index contributed by atoms with van der Waals surface area (Å²) in [5, 5.41) is 0. The first-order valence-corrected chi connectivity index (χ1v) is 8.89. The number of alkyl halides is 1. The number of rotatable bonds is 4. The summed E-state index contributed by atoms with van der Waals surface area (Å²) in [5.74, 6) is 0.478. The monoisotopic (exact) mass is 334 g/mol. The molecule has 3 nitrogen and oxygen atoms in total. The first-order valence-electron chi connectivity index (χ1n) is 8.89. The topological polar surface area (TPSA) is 38.5 Å². The fraction of sp³-hybridized carbons (Fsp3) is 0.600. The van der Waals surface area contributed by atoms with E-state index in [0.717, 1.165) is 50.0 Å². The van der Waals surface area contributed by atoms with E-state index < -0.39 is 12.2 Å². The third-order valence-electron chi connectivity index (χ3n) is 4.77. The van der Waals surface area contributed by atoms with Crippen LogP contribution in [0.2, 0.25) is 0 Å². The maximum absolute atomic E-state index is 13.8. The summed E-state index contributed by atoms with van der Waals surface area (Å²) in [6.45, 7) is 9.15. The van der Waals surface area contributed by atoms with Crippen LogP contribution in [0.1, 0.15) is 26.2 Å². The van der Waals surface area contributed by atoms with Gasteiger partial charge in [-0.2, -0.15) is 0 Å². The van der Waals surface area contributed by atoms with Crippen molar-refractivity contribution in [2.24, 2.45) is 11.7 Å². The average Bonchev–Trinajstić information content (AvgIpc) is 2.55. The van der Waals surface area contributed by atoms with Gasteiger partial charge in [-0.3, -0.25) is 4.90 Å². The van der Waals surface area contributed by atoms with Gasteiger partial charge in [0.1, 0.15) is 6.17 Å². The lowest BCUT2D eigenvalue weighted by atomic mass is 9.96. The summed E-state index contributed by atoms with van der Waals surface area (Å²) >= 11 is 0. The Balaban J connectivity index is 1.97. The summed E-state index contributed by atoms with van der Waals surface area (Å²) in [5.41, 5.74) is 7.50. The van der Waals surface area contributed by atoms with Crippen molar-refractivity contribution in [3.8, 4) is 0 Å². The standard InChI is InChI=1S/C20H31FN2O/c1-15-6-4-7-18(24-3)8-5-11-23(13-15)14-16(2)17-9-10-20(22)19(21)12-17/h4,6,9-10,12,15,18-20H,2,5,7-8,11,13-14,22H2,1,3H3/t15?,18-,19?,20?/m0/s1. The third kappa shape index (κ3) is 5.69. The molecule has 0 aromatic heterocycles. The normalized spacial score (nSPS) is 32.4. The van der Waals surface area contributed by atoms with E-state index >= 15 is 0 Å². The molecule has 3 unspecified atom stereocenters. The number of halogens is 1. The highest BCUT2D eigenvalue weighted by Gasteiger charge is 2.19. The van der Waals surface area contributed by atoms with Gasteiger partial charge in [-0.1, -0.05) is 37.8 Å². The van der Waals surface area contributed by atoms with Crippen molar-refractivity contribution in [1.82, 2.24) is 4.90 Å². The fourth-order valence-electron chi connectivity index (χ4n) is 3.30. The molecular weight excluding hydrogens is 303 g/mol. The third-order valence-corrected chi connectivity index (χ3v) is 4.77. The first kappa shape index (κ1) is 19.1. The van der Waals surface area contributed by atoms with Gasteiger partial charge in [0.05, 0.1) is 12.1 Å². The molecule has 134 valence electrons. The molecule has 1 heterocycles. The molecule has 0 aromatic rings. The lowest BCUT2D eigenvalue weighted by Crippen LogP contribution is -2.33. The molecule has 1 aliphatic heterocycles. The molecule has 4 atom stereocenters. The zero-order valence-electron chi connectivity index (χ0n) is 15.0. The molecule has 0 aromatic carbocycles. The van der Waals surface area contributed by atoms with Crippen molar-refractivity contribution >= 4 is 0 Å². The molecule has 0 amide bonds.